The monoisotopic (exact) mass is 520 g/mol. The van der Waals surface area contributed by atoms with Gasteiger partial charge in [-0.3, -0.25) is 9.48 Å². The highest BCUT2D eigenvalue weighted by atomic mass is 19.3. The van der Waals surface area contributed by atoms with Crippen LogP contribution >= 0.6 is 0 Å². The zero-order valence-electron chi connectivity index (χ0n) is 20.7. The summed E-state index contributed by atoms with van der Waals surface area (Å²) in [5.74, 6) is -2.07. The zero-order valence-corrected chi connectivity index (χ0v) is 20.7. The predicted octanol–water partition coefficient (Wildman–Crippen LogP) is 4.26. The van der Waals surface area contributed by atoms with Crippen molar-refractivity contribution >= 4 is 17.4 Å². The van der Waals surface area contributed by atoms with Crippen molar-refractivity contribution in [3.8, 4) is 6.01 Å². The molecule has 4 rings (SSSR count). The summed E-state index contributed by atoms with van der Waals surface area (Å²) in [5, 5.41) is 9.87. The molecule has 3 aromatic rings. The molecule has 0 spiro atoms. The summed E-state index contributed by atoms with van der Waals surface area (Å²) >= 11 is 0. The van der Waals surface area contributed by atoms with E-state index >= 15 is 0 Å². The van der Waals surface area contributed by atoms with Crippen LogP contribution < -0.4 is 15.4 Å². The van der Waals surface area contributed by atoms with Crippen LogP contribution in [0.15, 0.2) is 30.6 Å². The highest BCUT2D eigenvalue weighted by Crippen LogP contribution is 2.38. The highest BCUT2D eigenvalue weighted by Gasteiger charge is 2.33. The van der Waals surface area contributed by atoms with Crippen molar-refractivity contribution in [2.24, 2.45) is 7.05 Å². The maximum Gasteiger partial charge on any atom is 0.318 e. The van der Waals surface area contributed by atoms with Gasteiger partial charge in [0, 0.05) is 18.8 Å². The maximum atomic E-state index is 14.9. The molecule has 1 unspecified atom stereocenters. The standard InChI is InChI=1S/C24H27F3N6O4/c1-12(22(34)30-14-10-28-33(3)11-14)19-17(23-36-8-9-37-23)21(32-24(31-19)35-4)29-13(2)15-6-5-7-16(18(15)25)20(26)27/h5-7,10-13,20,23H,8-9H2,1-4H3,(H,30,34)(H,29,31,32)/t12?,13-/m1/s1. The van der Waals surface area contributed by atoms with Gasteiger partial charge in [0.15, 0.2) is 6.29 Å². The van der Waals surface area contributed by atoms with Crippen molar-refractivity contribution in [3.05, 3.63) is 58.8 Å². The summed E-state index contributed by atoms with van der Waals surface area (Å²) in [6, 6.07) is 2.94. The molecule has 1 aromatic carbocycles. The fourth-order valence-electron chi connectivity index (χ4n) is 3.97. The Morgan fingerprint density at radius 3 is 2.51 bits per heavy atom. The average Bonchev–Trinajstić information content (AvgIpc) is 3.54. The number of aromatic nitrogens is 4. The molecule has 3 heterocycles. The molecule has 0 bridgehead atoms. The number of hydrogen-bond acceptors (Lipinski definition) is 8. The summed E-state index contributed by atoms with van der Waals surface area (Å²) in [7, 11) is 3.08. The number of halogens is 3. The van der Waals surface area contributed by atoms with Gasteiger partial charge in [0.2, 0.25) is 5.91 Å². The first-order valence-electron chi connectivity index (χ1n) is 11.5. The Morgan fingerprint density at radius 2 is 1.89 bits per heavy atom. The van der Waals surface area contributed by atoms with E-state index < -0.39 is 36.1 Å². The Morgan fingerprint density at radius 1 is 1.19 bits per heavy atom. The number of nitrogens with zero attached hydrogens (tertiary/aromatic N) is 4. The van der Waals surface area contributed by atoms with E-state index in [1.165, 1.54) is 25.4 Å². The fourth-order valence-corrected chi connectivity index (χ4v) is 3.97. The molecule has 0 aliphatic carbocycles. The molecular weight excluding hydrogens is 493 g/mol. The number of rotatable bonds is 9. The van der Waals surface area contributed by atoms with Gasteiger partial charge in [-0.05, 0) is 13.8 Å². The topological polar surface area (TPSA) is 112 Å². The number of methoxy groups -OCH3 is 1. The van der Waals surface area contributed by atoms with Crippen LogP contribution in [-0.2, 0) is 21.3 Å². The first kappa shape index (κ1) is 26.4. The average molecular weight is 521 g/mol. The van der Waals surface area contributed by atoms with E-state index in [2.05, 4.69) is 25.7 Å². The Balaban J connectivity index is 1.73. The molecule has 2 aromatic heterocycles. The van der Waals surface area contributed by atoms with Crippen LogP contribution in [0.1, 0.15) is 60.9 Å². The van der Waals surface area contributed by atoms with Crippen molar-refractivity contribution in [1.29, 1.82) is 0 Å². The molecule has 1 aliphatic heterocycles. The molecule has 37 heavy (non-hydrogen) atoms. The lowest BCUT2D eigenvalue weighted by molar-refractivity contribution is -0.117. The van der Waals surface area contributed by atoms with Crippen LogP contribution in [0.3, 0.4) is 0 Å². The third kappa shape index (κ3) is 5.67. The van der Waals surface area contributed by atoms with Crippen molar-refractivity contribution in [1.82, 2.24) is 19.7 Å². The Bertz CT molecular complexity index is 1270. The number of alkyl halides is 2. The SMILES string of the molecule is COc1nc(N[C@H](C)c2cccc(C(F)F)c2F)c(C2OCCO2)c(C(C)C(=O)Nc2cnn(C)c2)n1. The second-order valence-electron chi connectivity index (χ2n) is 8.46. The summed E-state index contributed by atoms with van der Waals surface area (Å²) in [5.41, 5.74) is 0.395. The Labute approximate surface area is 211 Å². The minimum absolute atomic E-state index is 0.0125. The van der Waals surface area contributed by atoms with E-state index in [1.54, 1.807) is 31.8 Å². The molecule has 2 atom stereocenters. The van der Waals surface area contributed by atoms with Crippen LogP contribution in [0, 0.1) is 5.82 Å². The lowest BCUT2D eigenvalue weighted by atomic mass is 9.99. The number of amides is 1. The van der Waals surface area contributed by atoms with E-state index in [0.29, 0.717) is 24.5 Å². The van der Waals surface area contributed by atoms with Gasteiger partial charge in [-0.1, -0.05) is 18.2 Å². The number of ether oxygens (including phenoxy) is 3. The molecule has 198 valence electrons. The van der Waals surface area contributed by atoms with Crippen LogP contribution in [0.25, 0.3) is 0 Å². The van der Waals surface area contributed by atoms with E-state index in [1.807, 2.05) is 0 Å². The zero-order chi connectivity index (χ0) is 26.7. The molecule has 1 amide bonds. The van der Waals surface area contributed by atoms with Gasteiger partial charge in [-0.15, -0.1) is 0 Å². The molecule has 2 N–H and O–H groups in total. The second kappa shape index (κ2) is 11.1. The van der Waals surface area contributed by atoms with Crippen LogP contribution in [0.5, 0.6) is 6.01 Å². The van der Waals surface area contributed by atoms with E-state index in [4.69, 9.17) is 14.2 Å². The van der Waals surface area contributed by atoms with Crippen LogP contribution in [0.2, 0.25) is 0 Å². The van der Waals surface area contributed by atoms with Crippen LogP contribution in [-0.4, -0.2) is 46.0 Å². The third-order valence-electron chi connectivity index (χ3n) is 5.88. The number of carbonyl (C=O) groups excluding carboxylic acids is 1. The minimum atomic E-state index is -2.96. The summed E-state index contributed by atoms with van der Waals surface area (Å²) < 4.78 is 59.6. The van der Waals surface area contributed by atoms with Crippen molar-refractivity contribution in [2.45, 2.75) is 38.5 Å². The van der Waals surface area contributed by atoms with Gasteiger partial charge >= 0.3 is 6.01 Å². The smallest absolute Gasteiger partial charge is 0.318 e. The molecule has 13 heteroatoms. The minimum Gasteiger partial charge on any atom is -0.467 e. The lowest BCUT2D eigenvalue weighted by Crippen LogP contribution is -2.24. The predicted molar refractivity (Wildman–Crippen MR) is 127 cm³/mol. The Kier molecular flexibility index (Phi) is 7.93. The van der Waals surface area contributed by atoms with Crippen molar-refractivity contribution < 1.29 is 32.2 Å². The van der Waals surface area contributed by atoms with Crippen molar-refractivity contribution in [3.63, 3.8) is 0 Å². The first-order chi connectivity index (χ1) is 17.7. The van der Waals surface area contributed by atoms with E-state index in [0.717, 1.165) is 6.07 Å². The molecule has 1 fully saturated rings. The summed E-state index contributed by atoms with van der Waals surface area (Å²) in [4.78, 5) is 21.9. The first-order valence-corrected chi connectivity index (χ1v) is 11.5. The summed E-state index contributed by atoms with van der Waals surface area (Å²) in [6.07, 6.45) is -0.729. The quantitative estimate of drug-likeness (QED) is 0.431. The molecule has 10 nitrogen and oxygen atoms in total. The van der Waals surface area contributed by atoms with Crippen molar-refractivity contribution in [2.75, 3.05) is 31.0 Å². The van der Waals surface area contributed by atoms with Gasteiger partial charge in [-0.2, -0.15) is 15.1 Å². The number of anilines is 2. The highest BCUT2D eigenvalue weighted by molar-refractivity contribution is 5.95. The lowest BCUT2D eigenvalue weighted by Gasteiger charge is -2.24. The molecule has 1 saturated heterocycles. The summed E-state index contributed by atoms with van der Waals surface area (Å²) in [6.45, 7) is 3.84. The van der Waals surface area contributed by atoms with E-state index in [-0.39, 0.29) is 29.0 Å². The van der Waals surface area contributed by atoms with Gasteiger partial charge in [0.25, 0.3) is 6.43 Å². The second-order valence-corrected chi connectivity index (χ2v) is 8.46. The largest absolute Gasteiger partial charge is 0.467 e. The Hall–Kier alpha value is -3.71. The molecule has 0 saturated carbocycles. The normalized spacial score (nSPS) is 15.6. The number of hydrogen-bond donors (Lipinski definition) is 2. The fraction of sp³-hybridized carbons (Fsp3) is 0.417. The van der Waals surface area contributed by atoms with Gasteiger partial charge < -0.3 is 24.8 Å². The van der Waals surface area contributed by atoms with Gasteiger partial charge in [0.05, 0.1) is 61.0 Å². The number of carbonyl (C=O) groups is 1. The number of benzene rings is 1. The van der Waals surface area contributed by atoms with Gasteiger partial charge in [-0.25, -0.2) is 13.2 Å². The molecule has 1 aliphatic rings. The number of nitrogens with one attached hydrogen (secondary N) is 2. The van der Waals surface area contributed by atoms with E-state index in [9.17, 15) is 18.0 Å². The van der Waals surface area contributed by atoms with Crippen LogP contribution in [0.4, 0.5) is 24.7 Å². The molecule has 0 radical (unpaired) electrons. The number of aryl methyl sites for hydroxylation is 1. The third-order valence-corrected chi connectivity index (χ3v) is 5.88. The maximum absolute atomic E-state index is 14.9. The molecular formula is C24H27F3N6O4. The van der Waals surface area contributed by atoms with Gasteiger partial charge in [0.1, 0.15) is 11.6 Å².